The number of carbonyl (C=O) groups excluding carboxylic acids is 2. The average molecular weight is 214 g/mol. The summed E-state index contributed by atoms with van der Waals surface area (Å²) in [4.78, 5) is 24.0. The van der Waals surface area contributed by atoms with Crippen LogP contribution in [0.25, 0.3) is 0 Å². The first-order valence-corrected chi connectivity index (χ1v) is 5.20. The molecular weight excluding hydrogens is 204 g/mol. The second-order valence-corrected chi connectivity index (χ2v) is 4.19. The standard InChI is InChI=1S/C8H10N2O3S/c1-13-8(12)4-2-3-14-7-5(9)6(11)10(4)7/h2,5,7H,3,9H2,1H3/t5?,7-/m1/s1. The van der Waals surface area contributed by atoms with Crippen molar-refractivity contribution < 1.29 is 14.3 Å². The number of methoxy groups -OCH3 is 1. The molecule has 0 bridgehead atoms. The third kappa shape index (κ3) is 1.14. The van der Waals surface area contributed by atoms with Crippen molar-refractivity contribution in [1.29, 1.82) is 0 Å². The molecule has 0 spiro atoms. The summed E-state index contributed by atoms with van der Waals surface area (Å²) >= 11 is 1.55. The van der Waals surface area contributed by atoms with Gasteiger partial charge in [0.2, 0.25) is 5.91 Å². The van der Waals surface area contributed by atoms with Gasteiger partial charge in [0.15, 0.2) is 0 Å². The molecule has 0 saturated carbocycles. The molecule has 2 atom stereocenters. The molecule has 2 aliphatic heterocycles. The molecule has 1 unspecified atom stereocenters. The molecule has 0 radical (unpaired) electrons. The van der Waals surface area contributed by atoms with E-state index in [0.717, 1.165) is 0 Å². The molecular formula is C8H10N2O3S. The minimum atomic E-state index is -0.478. The fraction of sp³-hybridized carbons (Fsp3) is 0.500. The van der Waals surface area contributed by atoms with Crippen molar-refractivity contribution in [3.63, 3.8) is 0 Å². The quantitative estimate of drug-likeness (QED) is 0.461. The van der Waals surface area contributed by atoms with Crippen LogP contribution in [0.4, 0.5) is 0 Å². The van der Waals surface area contributed by atoms with Gasteiger partial charge in [-0.15, -0.1) is 11.8 Å². The van der Waals surface area contributed by atoms with Gasteiger partial charge < -0.3 is 10.5 Å². The Morgan fingerprint density at radius 2 is 2.50 bits per heavy atom. The van der Waals surface area contributed by atoms with Gasteiger partial charge in [-0.1, -0.05) is 0 Å². The molecule has 2 rings (SSSR count). The third-order valence-electron chi connectivity index (χ3n) is 2.28. The monoisotopic (exact) mass is 214 g/mol. The molecule has 76 valence electrons. The number of nitrogens with two attached hydrogens (primary N) is 1. The molecule has 1 amide bonds. The Kier molecular flexibility index (Phi) is 2.24. The minimum absolute atomic E-state index is 0.0957. The number of nitrogens with zero attached hydrogens (tertiary/aromatic N) is 1. The van der Waals surface area contributed by atoms with Gasteiger partial charge in [0, 0.05) is 5.75 Å². The molecule has 2 aliphatic rings. The van der Waals surface area contributed by atoms with Crippen LogP contribution in [-0.4, -0.2) is 41.1 Å². The summed E-state index contributed by atoms with van der Waals surface area (Å²) in [6.45, 7) is 0. The van der Waals surface area contributed by atoms with E-state index in [4.69, 9.17) is 5.73 Å². The van der Waals surface area contributed by atoms with Gasteiger partial charge in [0.25, 0.3) is 0 Å². The first-order valence-electron chi connectivity index (χ1n) is 4.15. The van der Waals surface area contributed by atoms with Crippen LogP contribution in [0.15, 0.2) is 11.8 Å². The number of esters is 1. The predicted molar refractivity (Wildman–Crippen MR) is 51.2 cm³/mol. The third-order valence-corrected chi connectivity index (χ3v) is 3.49. The fourth-order valence-corrected chi connectivity index (χ4v) is 2.67. The maximum Gasteiger partial charge on any atom is 0.354 e. The van der Waals surface area contributed by atoms with Crippen LogP contribution in [0.1, 0.15) is 0 Å². The van der Waals surface area contributed by atoms with Crippen LogP contribution >= 0.6 is 11.8 Å². The highest BCUT2D eigenvalue weighted by Gasteiger charge is 2.50. The van der Waals surface area contributed by atoms with Gasteiger partial charge in [0.1, 0.15) is 17.1 Å². The Balaban J connectivity index is 2.23. The Morgan fingerprint density at radius 3 is 3.14 bits per heavy atom. The van der Waals surface area contributed by atoms with Gasteiger partial charge in [-0.3, -0.25) is 9.69 Å². The number of carbonyl (C=O) groups is 2. The van der Waals surface area contributed by atoms with E-state index in [1.165, 1.54) is 12.0 Å². The molecule has 0 aromatic carbocycles. The van der Waals surface area contributed by atoms with Crippen molar-refractivity contribution in [2.45, 2.75) is 11.4 Å². The molecule has 5 nitrogen and oxygen atoms in total. The molecule has 2 heterocycles. The smallest absolute Gasteiger partial charge is 0.354 e. The summed E-state index contributed by atoms with van der Waals surface area (Å²) in [6.07, 6.45) is 1.69. The molecule has 0 aliphatic carbocycles. The van der Waals surface area contributed by atoms with Crippen molar-refractivity contribution in [1.82, 2.24) is 4.90 Å². The van der Waals surface area contributed by atoms with Gasteiger partial charge in [-0.05, 0) is 6.08 Å². The summed E-state index contributed by atoms with van der Waals surface area (Å²) in [7, 11) is 1.30. The highest BCUT2D eigenvalue weighted by atomic mass is 32.2. The summed E-state index contributed by atoms with van der Waals surface area (Å²) in [5.41, 5.74) is 5.91. The van der Waals surface area contributed by atoms with E-state index in [0.29, 0.717) is 11.4 Å². The number of thioether (sulfide) groups is 1. The summed E-state index contributed by atoms with van der Waals surface area (Å²) in [6, 6.07) is -0.478. The Labute approximate surface area is 85.3 Å². The van der Waals surface area contributed by atoms with Gasteiger partial charge in [0.05, 0.1) is 7.11 Å². The highest BCUT2D eigenvalue weighted by molar-refractivity contribution is 8.00. The predicted octanol–water partition coefficient (Wildman–Crippen LogP) is -0.714. The summed E-state index contributed by atoms with van der Waals surface area (Å²) < 4.78 is 4.57. The Hall–Kier alpha value is -1.01. The van der Waals surface area contributed by atoms with Gasteiger partial charge in [-0.2, -0.15) is 0 Å². The van der Waals surface area contributed by atoms with E-state index >= 15 is 0 Å². The topological polar surface area (TPSA) is 72.6 Å². The molecule has 2 N–H and O–H groups in total. The van der Waals surface area contributed by atoms with Crippen molar-refractivity contribution in [2.24, 2.45) is 5.73 Å². The number of hydrogen-bond donors (Lipinski definition) is 1. The van der Waals surface area contributed by atoms with E-state index in [-0.39, 0.29) is 11.3 Å². The number of rotatable bonds is 1. The van der Waals surface area contributed by atoms with Crippen LogP contribution in [0.3, 0.4) is 0 Å². The average Bonchev–Trinajstić information content (AvgIpc) is 2.25. The second kappa shape index (κ2) is 3.29. The SMILES string of the molecule is COC(=O)C1=CCS[C@@H]2C(N)C(=O)N12. The minimum Gasteiger partial charge on any atom is -0.464 e. The van der Waals surface area contributed by atoms with Crippen molar-refractivity contribution in [3.05, 3.63) is 11.8 Å². The largest absolute Gasteiger partial charge is 0.464 e. The van der Waals surface area contributed by atoms with E-state index in [1.807, 2.05) is 0 Å². The maximum absolute atomic E-state index is 11.4. The lowest BCUT2D eigenvalue weighted by molar-refractivity contribution is -0.149. The lowest BCUT2D eigenvalue weighted by Gasteiger charge is -2.46. The molecule has 0 aromatic rings. The number of β-lactam (4-membered cyclic amide) rings is 1. The molecule has 1 fully saturated rings. The van der Waals surface area contributed by atoms with E-state index in [2.05, 4.69) is 4.74 Å². The van der Waals surface area contributed by atoms with Crippen molar-refractivity contribution in [3.8, 4) is 0 Å². The molecule has 14 heavy (non-hydrogen) atoms. The fourth-order valence-electron chi connectivity index (χ4n) is 1.53. The van der Waals surface area contributed by atoms with Crippen LogP contribution in [-0.2, 0) is 14.3 Å². The zero-order valence-corrected chi connectivity index (χ0v) is 8.41. The van der Waals surface area contributed by atoms with Crippen LogP contribution in [0.2, 0.25) is 0 Å². The second-order valence-electron chi connectivity index (χ2n) is 3.04. The number of fused-ring (bicyclic) bond motifs is 1. The number of hydrogen-bond acceptors (Lipinski definition) is 5. The van der Waals surface area contributed by atoms with E-state index in [9.17, 15) is 9.59 Å². The zero-order chi connectivity index (χ0) is 10.3. The molecule has 0 aromatic heterocycles. The highest BCUT2D eigenvalue weighted by Crippen LogP contribution is 2.36. The Morgan fingerprint density at radius 1 is 1.79 bits per heavy atom. The van der Waals surface area contributed by atoms with Crippen molar-refractivity contribution in [2.75, 3.05) is 12.9 Å². The van der Waals surface area contributed by atoms with Crippen molar-refractivity contribution >= 4 is 23.6 Å². The first-order chi connectivity index (χ1) is 6.66. The summed E-state index contributed by atoms with van der Waals surface area (Å²) in [5, 5.41) is -0.0957. The summed E-state index contributed by atoms with van der Waals surface area (Å²) in [5.74, 6) is 0.00134. The lowest BCUT2D eigenvalue weighted by Crippen LogP contribution is -2.68. The molecule has 6 heteroatoms. The number of ether oxygens (including phenoxy) is 1. The van der Waals surface area contributed by atoms with Crippen LogP contribution in [0, 0.1) is 0 Å². The molecule has 1 saturated heterocycles. The van der Waals surface area contributed by atoms with Crippen LogP contribution < -0.4 is 5.73 Å². The van der Waals surface area contributed by atoms with Gasteiger partial charge >= 0.3 is 5.97 Å². The zero-order valence-electron chi connectivity index (χ0n) is 7.60. The maximum atomic E-state index is 11.4. The number of amides is 1. The van der Waals surface area contributed by atoms with Crippen LogP contribution in [0.5, 0.6) is 0 Å². The first kappa shape index (κ1) is 9.54. The van der Waals surface area contributed by atoms with E-state index < -0.39 is 12.0 Å². The normalized spacial score (nSPS) is 30.3. The lowest BCUT2D eigenvalue weighted by atomic mass is 10.1. The van der Waals surface area contributed by atoms with E-state index in [1.54, 1.807) is 17.8 Å². The Bertz CT molecular complexity index is 329. The van der Waals surface area contributed by atoms with Gasteiger partial charge in [-0.25, -0.2) is 4.79 Å².